The second-order valence-corrected chi connectivity index (χ2v) is 7.33. The van der Waals surface area contributed by atoms with Crippen molar-refractivity contribution in [3.05, 3.63) is 54.1 Å². The van der Waals surface area contributed by atoms with E-state index in [-0.39, 0.29) is 23.7 Å². The summed E-state index contributed by atoms with van der Waals surface area (Å²) in [7, 11) is 0. The number of carbonyl (C=O) groups is 2. The maximum atomic E-state index is 12.9. The molecule has 130 valence electrons. The van der Waals surface area contributed by atoms with E-state index in [2.05, 4.69) is 24.5 Å². The predicted octanol–water partition coefficient (Wildman–Crippen LogP) is 4.50. The maximum absolute atomic E-state index is 12.9. The van der Waals surface area contributed by atoms with E-state index in [4.69, 9.17) is 0 Å². The lowest BCUT2D eigenvalue weighted by molar-refractivity contribution is -0.118. The molecule has 2 aromatic rings. The summed E-state index contributed by atoms with van der Waals surface area (Å²) in [5.41, 5.74) is 2.49. The number of hydrogen-bond acceptors (Lipinski definition) is 3. The molecule has 0 spiro atoms. The highest BCUT2D eigenvalue weighted by molar-refractivity contribution is 8.00. The smallest absolute Gasteiger partial charge is 0.234 e. The van der Waals surface area contributed by atoms with Crippen molar-refractivity contribution in [2.45, 2.75) is 31.1 Å². The van der Waals surface area contributed by atoms with Gasteiger partial charge in [-0.05, 0) is 29.7 Å². The van der Waals surface area contributed by atoms with Crippen LogP contribution in [0.2, 0.25) is 0 Å². The van der Waals surface area contributed by atoms with Gasteiger partial charge in [-0.2, -0.15) is 0 Å². The minimum absolute atomic E-state index is 0.0113. The number of fused-ring (bicyclic) bond motifs is 1. The normalized spacial score (nSPS) is 15.7. The van der Waals surface area contributed by atoms with Crippen molar-refractivity contribution in [3.63, 3.8) is 0 Å². The molecule has 2 atom stereocenters. The van der Waals surface area contributed by atoms with Gasteiger partial charge in [0.15, 0.2) is 0 Å². The van der Waals surface area contributed by atoms with Gasteiger partial charge >= 0.3 is 0 Å². The fourth-order valence-corrected chi connectivity index (χ4v) is 3.80. The van der Waals surface area contributed by atoms with Gasteiger partial charge in [0.2, 0.25) is 11.8 Å². The number of carbonyl (C=O) groups excluding carboxylic acids is 2. The second-order valence-electron chi connectivity index (χ2n) is 6.31. The first-order valence-corrected chi connectivity index (χ1v) is 9.49. The van der Waals surface area contributed by atoms with E-state index in [1.54, 1.807) is 0 Å². The van der Waals surface area contributed by atoms with Crippen LogP contribution in [0, 0.1) is 5.92 Å². The third-order valence-corrected chi connectivity index (χ3v) is 5.61. The number of amides is 2. The van der Waals surface area contributed by atoms with Gasteiger partial charge in [-0.25, -0.2) is 0 Å². The first kappa shape index (κ1) is 17.5. The van der Waals surface area contributed by atoms with Crippen LogP contribution in [-0.2, 0) is 9.59 Å². The molecule has 2 unspecified atom stereocenters. The molecule has 2 aromatic carbocycles. The zero-order valence-electron chi connectivity index (χ0n) is 14.4. The van der Waals surface area contributed by atoms with Gasteiger partial charge < -0.3 is 10.6 Å². The Kier molecular flexibility index (Phi) is 5.43. The van der Waals surface area contributed by atoms with Gasteiger partial charge in [-0.1, -0.05) is 50.6 Å². The van der Waals surface area contributed by atoms with E-state index < -0.39 is 0 Å². The largest absolute Gasteiger partial charge is 0.325 e. The molecule has 1 aliphatic rings. The van der Waals surface area contributed by atoms with Crippen LogP contribution in [0.5, 0.6) is 0 Å². The van der Waals surface area contributed by atoms with Crippen LogP contribution >= 0.6 is 11.8 Å². The molecule has 1 aliphatic heterocycles. The zero-order chi connectivity index (χ0) is 17.8. The number of thioether (sulfide) groups is 1. The SMILES string of the molecule is CCC(C)C(C(=O)Nc1ccc2c(c1)NC(=O)CS2)c1ccccc1. The average molecular weight is 354 g/mol. The van der Waals surface area contributed by atoms with E-state index in [0.717, 1.165) is 22.6 Å². The van der Waals surface area contributed by atoms with Crippen molar-refractivity contribution >= 4 is 35.0 Å². The summed E-state index contributed by atoms with van der Waals surface area (Å²) in [5, 5.41) is 5.88. The Morgan fingerprint density at radius 3 is 2.72 bits per heavy atom. The molecule has 25 heavy (non-hydrogen) atoms. The quantitative estimate of drug-likeness (QED) is 0.831. The standard InChI is InChI=1S/C20H22N2O2S/c1-3-13(2)19(14-7-5-4-6-8-14)20(24)21-15-9-10-17-16(11-15)22-18(23)12-25-17/h4-11,13,19H,3,12H2,1-2H3,(H,21,24)(H,22,23). The molecule has 1 heterocycles. The number of rotatable bonds is 5. The number of anilines is 2. The third-order valence-electron chi connectivity index (χ3n) is 4.53. The van der Waals surface area contributed by atoms with Crippen LogP contribution in [0.25, 0.3) is 0 Å². The molecule has 3 rings (SSSR count). The topological polar surface area (TPSA) is 58.2 Å². The molecule has 0 saturated carbocycles. The minimum Gasteiger partial charge on any atom is -0.325 e. The predicted molar refractivity (Wildman–Crippen MR) is 103 cm³/mol. The molecule has 4 nitrogen and oxygen atoms in total. The lowest BCUT2D eigenvalue weighted by Gasteiger charge is -2.23. The molecule has 0 aliphatic carbocycles. The Hall–Kier alpha value is -2.27. The van der Waals surface area contributed by atoms with E-state index in [1.165, 1.54) is 11.8 Å². The molecular weight excluding hydrogens is 332 g/mol. The molecule has 0 bridgehead atoms. The van der Waals surface area contributed by atoms with Crippen LogP contribution in [0.4, 0.5) is 11.4 Å². The summed E-state index contributed by atoms with van der Waals surface area (Å²) < 4.78 is 0. The molecule has 0 saturated heterocycles. The van der Waals surface area contributed by atoms with Crippen molar-refractivity contribution in [2.75, 3.05) is 16.4 Å². The van der Waals surface area contributed by atoms with Crippen molar-refractivity contribution in [1.29, 1.82) is 0 Å². The van der Waals surface area contributed by atoms with E-state index >= 15 is 0 Å². The van der Waals surface area contributed by atoms with E-state index in [9.17, 15) is 9.59 Å². The van der Waals surface area contributed by atoms with Gasteiger partial charge in [0, 0.05) is 10.6 Å². The Morgan fingerprint density at radius 2 is 2.00 bits per heavy atom. The van der Waals surface area contributed by atoms with E-state index in [0.29, 0.717) is 11.4 Å². The van der Waals surface area contributed by atoms with E-state index in [1.807, 2.05) is 48.5 Å². The molecule has 0 fully saturated rings. The fraction of sp³-hybridized carbons (Fsp3) is 0.300. The summed E-state index contributed by atoms with van der Waals surface area (Å²) >= 11 is 1.51. The highest BCUT2D eigenvalue weighted by atomic mass is 32.2. The third kappa shape index (κ3) is 4.04. The lowest BCUT2D eigenvalue weighted by atomic mass is 9.85. The van der Waals surface area contributed by atoms with Crippen LogP contribution in [0.15, 0.2) is 53.4 Å². The first-order valence-electron chi connectivity index (χ1n) is 8.51. The Morgan fingerprint density at radius 1 is 1.24 bits per heavy atom. The lowest BCUT2D eigenvalue weighted by Crippen LogP contribution is -2.26. The highest BCUT2D eigenvalue weighted by Crippen LogP contribution is 2.34. The molecule has 0 aromatic heterocycles. The van der Waals surface area contributed by atoms with Gasteiger partial charge in [0.1, 0.15) is 0 Å². The van der Waals surface area contributed by atoms with Crippen LogP contribution in [0.3, 0.4) is 0 Å². The van der Waals surface area contributed by atoms with Crippen LogP contribution < -0.4 is 10.6 Å². The summed E-state index contributed by atoms with van der Waals surface area (Å²) in [6.45, 7) is 4.19. The van der Waals surface area contributed by atoms with Crippen molar-refractivity contribution < 1.29 is 9.59 Å². The maximum Gasteiger partial charge on any atom is 0.234 e. The minimum atomic E-state index is -0.203. The Balaban J connectivity index is 1.82. The van der Waals surface area contributed by atoms with Gasteiger partial charge in [0.25, 0.3) is 0 Å². The van der Waals surface area contributed by atoms with Crippen molar-refractivity contribution in [3.8, 4) is 0 Å². The fourth-order valence-electron chi connectivity index (χ4n) is 3.02. The van der Waals surface area contributed by atoms with Gasteiger partial charge in [-0.3, -0.25) is 9.59 Å². The highest BCUT2D eigenvalue weighted by Gasteiger charge is 2.26. The summed E-state index contributed by atoms with van der Waals surface area (Å²) in [6.07, 6.45) is 0.921. The Bertz CT molecular complexity index is 777. The summed E-state index contributed by atoms with van der Waals surface area (Å²) in [6, 6.07) is 15.5. The van der Waals surface area contributed by atoms with Gasteiger partial charge in [0.05, 0.1) is 17.4 Å². The molecular formula is C20H22N2O2S. The number of hydrogen-bond donors (Lipinski definition) is 2. The number of nitrogens with one attached hydrogen (secondary N) is 2. The molecule has 2 amide bonds. The molecule has 5 heteroatoms. The second kappa shape index (κ2) is 7.74. The molecule has 2 N–H and O–H groups in total. The van der Waals surface area contributed by atoms with Gasteiger partial charge in [-0.15, -0.1) is 11.8 Å². The van der Waals surface area contributed by atoms with Crippen molar-refractivity contribution in [2.24, 2.45) is 5.92 Å². The summed E-state index contributed by atoms with van der Waals surface area (Å²) in [5.74, 6) is 0.433. The molecule has 0 radical (unpaired) electrons. The average Bonchev–Trinajstić information content (AvgIpc) is 2.62. The zero-order valence-corrected chi connectivity index (χ0v) is 15.2. The first-order chi connectivity index (χ1) is 12.1. The van der Waals surface area contributed by atoms with Crippen molar-refractivity contribution in [1.82, 2.24) is 0 Å². The monoisotopic (exact) mass is 354 g/mol. The summed E-state index contributed by atoms with van der Waals surface area (Å²) in [4.78, 5) is 25.5. The van der Waals surface area contributed by atoms with Crippen LogP contribution in [-0.4, -0.2) is 17.6 Å². The Labute approximate surface area is 152 Å². The van der Waals surface area contributed by atoms with Crippen LogP contribution in [0.1, 0.15) is 31.7 Å². The number of benzene rings is 2.